The number of nitrogens with one attached hydrogen (secondary N) is 1. The zero-order valence-electron chi connectivity index (χ0n) is 17.0. The molecule has 8 nitrogen and oxygen atoms in total. The van der Waals surface area contributed by atoms with Gasteiger partial charge in [-0.3, -0.25) is 19.3 Å². The lowest BCUT2D eigenvalue weighted by Crippen LogP contribution is -2.31. The maximum absolute atomic E-state index is 12.6. The van der Waals surface area contributed by atoms with Crippen molar-refractivity contribution in [3.8, 4) is 11.5 Å². The third kappa shape index (κ3) is 4.60. The van der Waals surface area contributed by atoms with E-state index in [4.69, 9.17) is 14.2 Å². The van der Waals surface area contributed by atoms with Gasteiger partial charge in [0.1, 0.15) is 6.61 Å². The fourth-order valence-electron chi connectivity index (χ4n) is 3.17. The Balaban J connectivity index is 1.57. The van der Waals surface area contributed by atoms with Gasteiger partial charge >= 0.3 is 0 Å². The van der Waals surface area contributed by atoms with Crippen LogP contribution in [0, 0.1) is 0 Å². The molecule has 0 atom stereocenters. The molecule has 1 heterocycles. The average Bonchev–Trinajstić information content (AvgIpc) is 3.01. The van der Waals surface area contributed by atoms with Gasteiger partial charge in [0.15, 0.2) is 11.5 Å². The van der Waals surface area contributed by atoms with E-state index in [1.54, 1.807) is 32.4 Å². The number of fused-ring (bicyclic) bond motifs is 1. The van der Waals surface area contributed by atoms with E-state index >= 15 is 0 Å². The second-order valence-electron chi connectivity index (χ2n) is 6.62. The van der Waals surface area contributed by atoms with Gasteiger partial charge in [-0.15, -0.1) is 0 Å². The number of ether oxygens (including phenoxy) is 3. The maximum atomic E-state index is 12.6. The van der Waals surface area contributed by atoms with Gasteiger partial charge < -0.3 is 19.5 Å². The molecule has 0 saturated carbocycles. The minimum absolute atomic E-state index is 0.246. The van der Waals surface area contributed by atoms with Crippen molar-refractivity contribution in [2.75, 3.05) is 40.5 Å². The summed E-state index contributed by atoms with van der Waals surface area (Å²) < 4.78 is 15.8. The lowest BCUT2D eigenvalue weighted by atomic mass is 10.1. The molecule has 0 fully saturated rings. The van der Waals surface area contributed by atoms with Gasteiger partial charge in [0.05, 0.1) is 24.8 Å². The van der Waals surface area contributed by atoms with Crippen LogP contribution in [0.25, 0.3) is 0 Å². The molecule has 1 aliphatic heterocycles. The summed E-state index contributed by atoms with van der Waals surface area (Å²) >= 11 is 0. The predicted octanol–water partition coefficient (Wildman–Crippen LogP) is 2.14. The van der Waals surface area contributed by atoms with Crippen molar-refractivity contribution in [3.05, 3.63) is 59.2 Å². The SMILES string of the molecule is COCCCN1C(=O)c2ccc(C(=O)NCCOc3ccccc3OC)cc2C1=O. The fourth-order valence-corrected chi connectivity index (χ4v) is 3.17. The maximum Gasteiger partial charge on any atom is 0.261 e. The summed E-state index contributed by atoms with van der Waals surface area (Å²) in [4.78, 5) is 38.6. The Morgan fingerprint density at radius 3 is 2.43 bits per heavy atom. The molecule has 0 spiro atoms. The van der Waals surface area contributed by atoms with E-state index in [2.05, 4.69) is 5.32 Å². The van der Waals surface area contributed by atoms with Crippen LogP contribution in [0.2, 0.25) is 0 Å². The number of benzene rings is 2. The number of nitrogens with zero attached hydrogens (tertiary/aromatic N) is 1. The Bertz CT molecular complexity index is 943. The topological polar surface area (TPSA) is 94.2 Å². The standard InChI is InChI=1S/C22H24N2O6/c1-28-12-5-11-24-21(26)16-9-8-15(14-17(16)22(24)27)20(25)23-10-13-30-19-7-4-3-6-18(19)29-2/h3-4,6-9,14H,5,10-13H2,1-2H3,(H,23,25). The Hall–Kier alpha value is -3.39. The number of imide groups is 1. The highest BCUT2D eigenvalue weighted by Gasteiger charge is 2.35. The Labute approximate surface area is 174 Å². The summed E-state index contributed by atoms with van der Waals surface area (Å²) in [6.07, 6.45) is 0.557. The molecule has 1 N–H and O–H groups in total. The van der Waals surface area contributed by atoms with Crippen LogP contribution >= 0.6 is 0 Å². The summed E-state index contributed by atoms with van der Waals surface area (Å²) in [6, 6.07) is 11.8. The molecule has 2 aromatic carbocycles. The van der Waals surface area contributed by atoms with Crippen molar-refractivity contribution in [3.63, 3.8) is 0 Å². The molecule has 0 aliphatic carbocycles. The van der Waals surface area contributed by atoms with Gasteiger partial charge in [0.2, 0.25) is 0 Å². The Morgan fingerprint density at radius 2 is 1.70 bits per heavy atom. The highest BCUT2D eigenvalue weighted by atomic mass is 16.5. The van der Waals surface area contributed by atoms with E-state index in [0.717, 1.165) is 0 Å². The second kappa shape index (κ2) is 9.89. The molecule has 158 valence electrons. The second-order valence-corrected chi connectivity index (χ2v) is 6.62. The number of carbonyl (C=O) groups is 3. The summed E-state index contributed by atoms with van der Waals surface area (Å²) in [7, 11) is 3.12. The van der Waals surface area contributed by atoms with Crippen molar-refractivity contribution in [2.45, 2.75) is 6.42 Å². The first-order valence-corrected chi connectivity index (χ1v) is 9.60. The van der Waals surface area contributed by atoms with Gasteiger partial charge in [0.25, 0.3) is 17.7 Å². The van der Waals surface area contributed by atoms with Crippen molar-refractivity contribution in [1.82, 2.24) is 10.2 Å². The molecule has 3 rings (SSSR count). The van der Waals surface area contributed by atoms with Crippen LogP contribution in [0.3, 0.4) is 0 Å². The van der Waals surface area contributed by atoms with Crippen LogP contribution in [0.1, 0.15) is 37.5 Å². The number of methoxy groups -OCH3 is 2. The van der Waals surface area contributed by atoms with Crippen molar-refractivity contribution in [1.29, 1.82) is 0 Å². The molecule has 0 unspecified atom stereocenters. The quantitative estimate of drug-likeness (QED) is 0.475. The number of para-hydroxylation sites is 2. The molecular formula is C22H24N2O6. The molecule has 3 amide bonds. The monoisotopic (exact) mass is 412 g/mol. The van der Waals surface area contributed by atoms with E-state index in [9.17, 15) is 14.4 Å². The van der Waals surface area contributed by atoms with E-state index in [1.807, 2.05) is 12.1 Å². The lowest BCUT2D eigenvalue weighted by Gasteiger charge is -2.12. The van der Waals surface area contributed by atoms with Crippen LogP contribution in [-0.4, -0.2) is 63.1 Å². The number of amides is 3. The average molecular weight is 412 g/mol. The highest BCUT2D eigenvalue weighted by molar-refractivity contribution is 6.22. The summed E-state index contributed by atoms with van der Waals surface area (Å²) in [5.41, 5.74) is 0.870. The van der Waals surface area contributed by atoms with Crippen molar-refractivity contribution >= 4 is 17.7 Å². The molecule has 2 aromatic rings. The third-order valence-electron chi connectivity index (χ3n) is 4.68. The van der Waals surface area contributed by atoms with Crippen LogP contribution in [0.15, 0.2) is 42.5 Å². The zero-order chi connectivity index (χ0) is 21.5. The lowest BCUT2D eigenvalue weighted by molar-refractivity contribution is 0.0638. The molecule has 0 bridgehead atoms. The normalized spacial score (nSPS) is 12.7. The Kier molecular flexibility index (Phi) is 7.03. The summed E-state index contributed by atoms with van der Waals surface area (Å²) in [5.74, 6) is 0.119. The molecule has 8 heteroatoms. The van der Waals surface area contributed by atoms with Gasteiger partial charge in [-0.25, -0.2) is 0 Å². The predicted molar refractivity (Wildman–Crippen MR) is 109 cm³/mol. The first kappa shape index (κ1) is 21.3. The van der Waals surface area contributed by atoms with Gasteiger partial charge in [-0.2, -0.15) is 0 Å². The number of rotatable bonds is 10. The van der Waals surface area contributed by atoms with Gasteiger partial charge in [-0.05, 0) is 36.8 Å². The van der Waals surface area contributed by atoms with Crippen molar-refractivity contribution in [2.24, 2.45) is 0 Å². The number of hydrogen-bond acceptors (Lipinski definition) is 6. The van der Waals surface area contributed by atoms with E-state index < -0.39 is 0 Å². The zero-order valence-corrected chi connectivity index (χ0v) is 17.0. The molecular weight excluding hydrogens is 388 g/mol. The van der Waals surface area contributed by atoms with E-state index in [0.29, 0.717) is 35.7 Å². The Morgan fingerprint density at radius 1 is 0.967 bits per heavy atom. The van der Waals surface area contributed by atoms with Crippen LogP contribution in [-0.2, 0) is 4.74 Å². The summed E-state index contributed by atoms with van der Waals surface area (Å²) in [5, 5.41) is 2.75. The molecule has 0 radical (unpaired) electrons. The molecule has 30 heavy (non-hydrogen) atoms. The molecule has 0 aromatic heterocycles. The minimum atomic E-state index is -0.389. The fraction of sp³-hybridized carbons (Fsp3) is 0.318. The van der Waals surface area contributed by atoms with Crippen LogP contribution in [0.5, 0.6) is 11.5 Å². The molecule has 0 saturated heterocycles. The summed E-state index contributed by atoms with van der Waals surface area (Å²) in [6.45, 7) is 1.26. The molecule has 1 aliphatic rings. The van der Waals surface area contributed by atoms with Crippen LogP contribution in [0.4, 0.5) is 0 Å². The smallest absolute Gasteiger partial charge is 0.261 e. The van der Waals surface area contributed by atoms with Crippen molar-refractivity contribution < 1.29 is 28.6 Å². The van der Waals surface area contributed by atoms with Gasteiger partial charge in [-0.1, -0.05) is 12.1 Å². The number of carbonyl (C=O) groups excluding carboxylic acids is 3. The first-order valence-electron chi connectivity index (χ1n) is 9.60. The van der Waals surface area contributed by atoms with E-state index in [-0.39, 0.29) is 43.0 Å². The number of hydrogen-bond donors (Lipinski definition) is 1. The first-order chi connectivity index (χ1) is 14.6. The largest absolute Gasteiger partial charge is 0.493 e. The van der Waals surface area contributed by atoms with Crippen LogP contribution < -0.4 is 14.8 Å². The minimum Gasteiger partial charge on any atom is -0.493 e. The van der Waals surface area contributed by atoms with E-state index in [1.165, 1.54) is 17.0 Å². The third-order valence-corrected chi connectivity index (χ3v) is 4.68. The highest BCUT2D eigenvalue weighted by Crippen LogP contribution is 2.26. The van der Waals surface area contributed by atoms with Gasteiger partial charge in [0, 0.05) is 25.8 Å².